The Kier molecular flexibility index (Phi) is 7.76. The van der Waals surface area contributed by atoms with Crippen molar-refractivity contribution in [2.24, 2.45) is 5.92 Å². The molecule has 0 bridgehead atoms. The van der Waals surface area contributed by atoms with Crippen molar-refractivity contribution < 1.29 is 13.2 Å². The van der Waals surface area contributed by atoms with Crippen LogP contribution in [-0.2, 0) is 14.6 Å². The molecule has 23 heavy (non-hydrogen) atoms. The highest BCUT2D eigenvalue weighted by molar-refractivity contribution is 7.91. The molecule has 1 unspecified atom stereocenters. The summed E-state index contributed by atoms with van der Waals surface area (Å²) in [6.45, 7) is 8.23. The van der Waals surface area contributed by atoms with Crippen molar-refractivity contribution in [2.45, 2.75) is 64.3 Å². The molecule has 0 heterocycles. The average molecular weight is 340 g/mol. The van der Waals surface area contributed by atoms with Crippen LogP contribution in [-0.4, -0.2) is 26.1 Å². The Morgan fingerprint density at radius 3 is 2.26 bits per heavy atom. The van der Waals surface area contributed by atoms with E-state index in [0.717, 1.165) is 24.8 Å². The molecule has 0 saturated heterocycles. The molecule has 0 radical (unpaired) electrons. The number of nitrogens with one attached hydrogen (secondary N) is 1. The maximum absolute atomic E-state index is 12.2. The van der Waals surface area contributed by atoms with Crippen molar-refractivity contribution in [2.75, 3.05) is 5.75 Å². The molecular formula is C18H29NO3S. The molecule has 0 aliphatic heterocycles. The monoisotopic (exact) mass is 339 g/mol. The van der Waals surface area contributed by atoms with E-state index in [9.17, 15) is 13.2 Å². The maximum Gasteiger partial charge on any atom is 0.221 e. The zero-order valence-corrected chi connectivity index (χ0v) is 15.4. The van der Waals surface area contributed by atoms with Gasteiger partial charge in [0.15, 0.2) is 9.84 Å². The molecule has 1 rings (SSSR count). The molecule has 0 spiro atoms. The number of benzene rings is 1. The molecule has 1 aromatic carbocycles. The first-order chi connectivity index (χ1) is 10.7. The van der Waals surface area contributed by atoms with Crippen LogP contribution in [0, 0.1) is 12.8 Å². The smallest absolute Gasteiger partial charge is 0.221 e. The van der Waals surface area contributed by atoms with E-state index in [1.165, 1.54) is 0 Å². The van der Waals surface area contributed by atoms with Crippen molar-refractivity contribution in [1.82, 2.24) is 5.32 Å². The van der Waals surface area contributed by atoms with E-state index in [4.69, 9.17) is 0 Å². The third kappa shape index (κ3) is 7.64. The third-order valence-electron chi connectivity index (χ3n) is 3.80. The molecule has 5 heteroatoms. The van der Waals surface area contributed by atoms with Gasteiger partial charge in [0.25, 0.3) is 0 Å². The number of amides is 1. The van der Waals surface area contributed by atoms with Gasteiger partial charge in [-0.1, -0.05) is 44.4 Å². The first-order valence-electron chi connectivity index (χ1n) is 8.29. The van der Waals surface area contributed by atoms with Crippen LogP contribution in [0.2, 0.25) is 0 Å². The lowest BCUT2D eigenvalue weighted by molar-refractivity contribution is -0.121. The third-order valence-corrected chi connectivity index (χ3v) is 5.54. The lowest BCUT2D eigenvalue weighted by Crippen LogP contribution is -2.33. The second-order valence-electron chi connectivity index (χ2n) is 6.68. The zero-order valence-electron chi connectivity index (χ0n) is 14.6. The summed E-state index contributed by atoms with van der Waals surface area (Å²) < 4.78 is 24.4. The molecule has 0 aromatic heterocycles. The number of carbonyl (C=O) groups is 1. The van der Waals surface area contributed by atoms with Gasteiger partial charge in [0.2, 0.25) is 5.91 Å². The van der Waals surface area contributed by atoms with Gasteiger partial charge in [-0.3, -0.25) is 4.79 Å². The number of carbonyl (C=O) groups excluding carboxylic acids is 1. The quantitative estimate of drug-likeness (QED) is 0.749. The summed E-state index contributed by atoms with van der Waals surface area (Å²) in [5, 5.41) is 2.88. The second kappa shape index (κ2) is 9.06. The molecule has 0 aliphatic carbocycles. The lowest BCUT2D eigenvalue weighted by atomic mass is 10.0. The van der Waals surface area contributed by atoms with Gasteiger partial charge in [-0.15, -0.1) is 0 Å². The molecule has 0 fully saturated rings. The lowest BCUT2D eigenvalue weighted by Gasteiger charge is -2.14. The summed E-state index contributed by atoms with van der Waals surface area (Å²) in [5.74, 6) is 0.316. The van der Waals surface area contributed by atoms with E-state index >= 15 is 0 Å². The van der Waals surface area contributed by atoms with Crippen LogP contribution >= 0.6 is 0 Å². The molecule has 4 nitrogen and oxygen atoms in total. The van der Waals surface area contributed by atoms with Gasteiger partial charge in [-0.2, -0.15) is 0 Å². The van der Waals surface area contributed by atoms with Crippen LogP contribution in [0.1, 0.15) is 52.0 Å². The predicted molar refractivity (Wildman–Crippen MR) is 94.1 cm³/mol. The van der Waals surface area contributed by atoms with Crippen LogP contribution < -0.4 is 5.32 Å². The average Bonchev–Trinajstić information content (AvgIpc) is 2.45. The van der Waals surface area contributed by atoms with E-state index in [-0.39, 0.29) is 29.0 Å². The Morgan fingerprint density at radius 2 is 1.70 bits per heavy atom. The van der Waals surface area contributed by atoms with Crippen molar-refractivity contribution in [3.05, 3.63) is 29.8 Å². The molecule has 0 saturated carbocycles. The van der Waals surface area contributed by atoms with Crippen molar-refractivity contribution in [3.8, 4) is 0 Å². The topological polar surface area (TPSA) is 63.2 Å². The highest BCUT2D eigenvalue weighted by Crippen LogP contribution is 2.13. The molecule has 1 atom stereocenters. The zero-order chi connectivity index (χ0) is 17.5. The molecule has 130 valence electrons. The normalized spacial score (nSPS) is 13.1. The van der Waals surface area contributed by atoms with Crippen LogP contribution in [0.15, 0.2) is 29.2 Å². The van der Waals surface area contributed by atoms with Crippen molar-refractivity contribution in [3.63, 3.8) is 0 Å². The maximum atomic E-state index is 12.2. The first kappa shape index (κ1) is 19.7. The van der Waals surface area contributed by atoms with Crippen LogP contribution in [0.4, 0.5) is 0 Å². The van der Waals surface area contributed by atoms with Crippen LogP contribution in [0.25, 0.3) is 0 Å². The minimum Gasteiger partial charge on any atom is -0.354 e. The van der Waals surface area contributed by atoms with Gasteiger partial charge in [-0.25, -0.2) is 8.42 Å². The molecule has 1 aromatic rings. The summed E-state index contributed by atoms with van der Waals surface area (Å²) in [6, 6.07) is 6.81. The van der Waals surface area contributed by atoms with Gasteiger partial charge < -0.3 is 5.32 Å². The minimum absolute atomic E-state index is 0.00469. The molecule has 0 aliphatic rings. The second-order valence-corrected chi connectivity index (χ2v) is 8.78. The Balaban J connectivity index is 2.41. The van der Waals surface area contributed by atoms with E-state index in [1.54, 1.807) is 24.3 Å². The highest BCUT2D eigenvalue weighted by atomic mass is 32.2. The molecular weight excluding hydrogens is 310 g/mol. The molecule has 1 amide bonds. The summed E-state index contributed by atoms with van der Waals surface area (Å²) in [4.78, 5) is 12.2. The SMILES string of the molecule is Cc1ccc(S(=O)(=O)CCC(=O)NC(C)CCCC(C)C)cc1. The summed E-state index contributed by atoms with van der Waals surface area (Å²) in [6.07, 6.45) is 3.14. The van der Waals surface area contributed by atoms with Crippen LogP contribution in [0.5, 0.6) is 0 Å². The largest absolute Gasteiger partial charge is 0.354 e. The van der Waals surface area contributed by atoms with Gasteiger partial charge in [0, 0.05) is 12.5 Å². The summed E-state index contributed by atoms with van der Waals surface area (Å²) in [7, 11) is -3.40. The van der Waals surface area contributed by atoms with E-state index < -0.39 is 9.84 Å². The Bertz CT molecular complexity index is 591. The summed E-state index contributed by atoms with van der Waals surface area (Å²) >= 11 is 0. The van der Waals surface area contributed by atoms with Crippen LogP contribution in [0.3, 0.4) is 0 Å². The predicted octanol–water partition coefficient (Wildman–Crippen LogP) is 3.49. The van der Waals surface area contributed by atoms with Gasteiger partial charge in [0.1, 0.15) is 0 Å². The number of sulfone groups is 1. The molecule has 1 N–H and O–H groups in total. The Labute approximate surface area is 140 Å². The van der Waals surface area contributed by atoms with E-state index in [2.05, 4.69) is 19.2 Å². The fourth-order valence-corrected chi connectivity index (χ4v) is 3.58. The van der Waals surface area contributed by atoms with Gasteiger partial charge >= 0.3 is 0 Å². The Hall–Kier alpha value is -1.36. The van der Waals surface area contributed by atoms with Gasteiger partial charge in [0.05, 0.1) is 10.6 Å². The number of hydrogen-bond acceptors (Lipinski definition) is 3. The minimum atomic E-state index is -3.40. The van der Waals surface area contributed by atoms with Crippen molar-refractivity contribution >= 4 is 15.7 Å². The van der Waals surface area contributed by atoms with Crippen molar-refractivity contribution in [1.29, 1.82) is 0 Å². The standard InChI is InChI=1S/C18H29NO3S/c1-14(2)6-5-7-16(4)19-18(20)12-13-23(21,22)17-10-8-15(3)9-11-17/h8-11,14,16H,5-7,12-13H2,1-4H3,(H,19,20). The fraction of sp³-hybridized carbons (Fsp3) is 0.611. The number of rotatable bonds is 9. The fourth-order valence-electron chi connectivity index (χ4n) is 2.34. The Morgan fingerprint density at radius 1 is 1.09 bits per heavy atom. The number of hydrogen-bond donors (Lipinski definition) is 1. The number of aryl methyl sites for hydroxylation is 1. The van der Waals surface area contributed by atoms with Gasteiger partial charge in [-0.05, 0) is 38.3 Å². The summed E-state index contributed by atoms with van der Waals surface area (Å²) in [5.41, 5.74) is 1.01. The highest BCUT2D eigenvalue weighted by Gasteiger charge is 2.17. The first-order valence-corrected chi connectivity index (χ1v) is 9.94. The van der Waals surface area contributed by atoms with E-state index in [1.807, 2.05) is 13.8 Å². The van der Waals surface area contributed by atoms with E-state index in [0.29, 0.717) is 5.92 Å².